The number of rotatable bonds is 8. The maximum atomic E-state index is 12.2. The molecule has 4 nitrogen and oxygen atoms in total. The van der Waals surface area contributed by atoms with E-state index in [1.54, 1.807) is 0 Å². The quantitative estimate of drug-likeness (QED) is 0.694. The highest BCUT2D eigenvalue weighted by Gasteiger charge is 2.25. The normalized spacial score (nSPS) is 15.6. The summed E-state index contributed by atoms with van der Waals surface area (Å²) in [5.41, 5.74) is 5.51. The molecule has 18 heavy (non-hydrogen) atoms. The van der Waals surface area contributed by atoms with Gasteiger partial charge in [-0.05, 0) is 46.2 Å². The lowest BCUT2D eigenvalue weighted by atomic mass is 10.0. The van der Waals surface area contributed by atoms with E-state index < -0.39 is 0 Å². The summed E-state index contributed by atoms with van der Waals surface area (Å²) in [6.45, 7) is 14.7. The minimum atomic E-state index is -0.135. The largest absolute Gasteiger partial charge is 0.350 e. The summed E-state index contributed by atoms with van der Waals surface area (Å²) in [6, 6.07) is -0.102. The highest BCUT2D eigenvalue weighted by Crippen LogP contribution is 2.10. The molecule has 3 N–H and O–H groups in total. The van der Waals surface area contributed by atoms with Gasteiger partial charge in [0.25, 0.3) is 0 Å². The van der Waals surface area contributed by atoms with Crippen LogP contribution in [0.25, 0.3) is 0 Å². The molecule has 0 aliphatic carbocycles. The molecule has 0 saturated heterocycles. The van der Waals surface area contributed by atoms with E-state index >= 15 is 0 Å². The van der Waals surface area contributed by atoms with Crippen molar-refractivity contribution in [2.45, 2.75) is 59.5 Å². The Morgan fingerprint density at radius 1 is 1.33 bits per heavy atom. The van der Waals surface area contributed by atoms with Crippen LogP contribution in [0.5, 0.6) is 0 Å². The lowest BCUT2D eigenvalue weighted by Gasteiger charge is -2.32. The molecule has 2 unspecified atom stereocenters. The molecule has 2 atom stereocenters. The summed E-state index contributed by atoms with van der Waals surface area (Å²) in [5.74, 6) is 0.521. The van der Waals surface area contributed by atoms with Crippen molar-refractivity contribution < 1.29 is 4.79 Å². The first-order valence-electron chi connectivity index (χ1n) is 7.03. The van der Waals surface area contributed by atoms with Crippen molar-refractivity contribution in [2.75, 3.05) is 19.6 Å². The first kappa shape index (κ1) is 17.4. The van der Waals surface area contributed by atoms with Crippen molar-refractivity contribution >= 4 is 5.91 Å². The maximum absolute atomic E-state index is 12.2. The van der Waals surface area contributed by atoms with E-state index in [-0.39, 0.29) is 17.5 Å². The summed E-state index contributed by atoms with van der Waals surface area (Å²) in [4.78, 5) is 14.4. The van der Waals surface area contributed by atoms with Crippen LogP contribution in [0.3, 0.4) is 0 Å². The molecule has 0 aromatic carbocycles. The van der Waals surface area contributed by atoms with E-state index in [2.05, 4.69) is 44.8 Å². The van der Waals surface area contributed by atoms with E-state index in [4.69, 9.17) is 5.73 Å². The van der Waals surface area contributed by atoms with Crippen LogP contribution in [0.4, 0.5) is 0 Å². The molecule has 0 bridgehead atoms. The third-order valence-corrected chi connectivity index (χ3v) is 3.63. The van der Waals surface area contributed by atoms with Gasteiger partial charge in [0.2, 0.25) is 5.91 Å². The fourth-order valence-corrected chi connectivity index (χ4v) is 1.73. The van der Waals surface area contributed by atoms with Crippen LogP contribution in [0.1, 0.15) is 48.0 Å². The Balaban J connectivity index is 4.49. The van der Waals surface area contributed by atoms with Crippen molar-refractivity contribution in [2.24, 2.45) is 11.7 Å². The standard InChI is InChI=1S/C14H31N3O/c1-7-14(5,6)16-13(18)12(4)17(8-2)10-11(3)9-15/h11-12H,7-10,15H2,1-6H3,(H,16,18). The second-order valence-corrected chi connectivity index (χ2v) is 5.83. The number of carbonyl (C=O) groups is 1. The van der Waals surface area contributed by atoms with Gasteiger partial charge >= 0.3 is 0 Å². The van der Waals surface area contributed by atoms with Gasteiger partial charge in [-0.2, -0.15) is 0 Å². The third-order valence-electron chi connectivity index (χ3n) is 3.63. The molecule has 0 rings (SSSR count). The van der Waals surface area contributed by atoms with E-state index in [1.165, 1.54) is 0 Å². The SMILES string of the molecule is CCN(CC(C)CN)C(C)C(=O)NC(C)(C)CC. The van der Waals surface area contributed by atoms with Gasteiger partial charge in [-0.15, -0.1) is 0 Å². The summed E-state index contributed by atoms with van der Waals surface area (Å²) in [5, 5.41) is 3.10. The van der Waals surface area contributed by atoms with E-state index in [1.807, 2.05) is 6.92 Å². The van der Waals surface area contributed by atoms with Crippen LogP contribution < -0.4 is 11.1 Å². The van der Waals surface area contributed by atoms with Crippen molar-refractivity contribution in [1.82, 2.24) is 10.2 Å². The first-order valence-corrected chi connectivity index (χ1v) is 7.03. The van der Waals surface area contributed by atoms with E-state index in [0.29, 0.717) is 12.5 Å². The van der Waals surface area contributed by atoms with E-state index in [0.717, 1.165) is 19.5 Å². The zero-order chi connectivity index (χ0) is 14.3. The van der Waals surface area contributed by atoms with Crippen LogP contribution in [-0.2, 0) is 4.79 Å². The Kier molecular flexibility index (Phi) is 7.48. The van der Waals surface area contributed by atoms with Gasteiger partial charge in [0.05, 0.1) is 6.04 Å². The Bertz CT molecular complexity index is 253. The molecule has 0 aromatic rings. The van der Waals surface area contributed by atoms with Crippen LogP contribution >= 0.6 is 0 Å². The zero-order valence-corrected chi connectivity index (χ0v) is 12.9. The fraction of sp³-hybridized carbons (Fsp3) is 0.929. The van der Waals surface area contributed by atoms with Crippen molar-refractivity contribution in [3.05, 3.63) is 0 Å². The van der Waals surface area contributed by atoms with Crippen molar-refractivity contribution in [1.29, 1.82) is 0 Å². The van der Waals surface area contributed by atoms with Gasteiger partial charge in [-0.3, -0.25) is 9.69 Å². The number of hydrogen-bond acceptors (Lipinski definition) is 3. The number of hydrogen-bond donors (Lipinski definition) is 2. The monoisotopic (exact) mass is 257 g/mol. The lowest BCUT2D eigenvalue weighted by Crippen LogP contribution is -2.52. The Morgan fingerprint density at radius 3 is 2.28 bits per heavy atom. The molecule has 0 fully saturated rings. The van der Waals surface area contributed by atoms with Gasteiger partial charge in [0.1, 0.15) is 0 Å². The first-order chi connectivity index (χ1) is 8.27. The van der Waals surface area contributed by atoms with Crippen LogP contribution in [0, 0.1) is 5.92 Å². The topological polar surface area (TPSA) is 58.4 Å². The predicted molar refractivity (Wildman–Crippen MR) is 77.4 cm³/mol. The average Bonchev–Trinajstić information content (AvgIpc) is 2.34. The summed E-state index contributed by atoms with van der Waals surface area (Å²) in [6.07, 6.45) is 0.927. The maximum Gasteiger partial charge on any atom is 0.237 e. The zero-order valence-electron chi connectivity index (χ0n) is 12.9. The molecule has 0 aromatic heterocycles. The summed E-state index contributed by atoms with van der Waals surface area (Å²) < 4.78 is 0. The summed E-state index contributed by atoms with van der Waals surface area (Å²) in [7, 11) is 0. The van der Waals surface area contributed by atoms with Crippen LogP contribution in [0.2, 0.25) is 0 Å². The molecule has 0 spiro atoms. The number of nitrogens with zero attached hydrogens (tertiary/aromatic N) is 1. The molecule has 0 aliphatic heterocycles. The molecule has 0 aliphatic rings. The molecular weight excluding hydrogens is 226 g/mol. The number of nitrogens with two attached hydrogens (primary N) is 1. The van der Waals surface area contributed by atoms with Crippen molar-refractivity contribution in [3.8, 4) is 0 Å². The number of likely N-dealkylation sites (N-methyl/N-ethyl adjacent to an activating group) is 1. The Labute approximate surface area is 112 Å². The minimum absolute atomic E-state index is 0.102. The smallest absolute Gasteiger partial charge is 0.237 e. The Morgan fingerprint density at radius 2 is 1.89 bits per heavy atom. The molecule has 0 heterocycles. The third kappa shape index (κ3) is 5.83. The second-order valence-electron chi connectivity index (χ2n) is 5.83. The van der Waals surface area contributed by atoms with Gasteiger partial charge in [0.15, 0.2) is 0 Å². The molecular formula is C14H31N3O. The van der Waals surface area contributed by atoms with Crippen LogP contribution in [0.15, 0.2) is 0 Å². The summed E-state index contributed by atoms with van der Waals surface area (Å²) >= 11 is 0. The molecule has 4 heteroatoms. The van der Waals surface area contributed by atoms with E-state index in [9.17, 15) is 4.79 Å². The van der Waals surface area contributed by atoms with Gasteiger partial charge < -0.3 is 11.1 Å². The molecule has 108 valence electrons. The number of amides is 1. The average molecular weight is 257 g/mol. The fourth-order valence-electron chi connectivity index (χ4n) is 1.73. The van der Waals surface area contributed by atoms with Gasteiger partial charge in [-0.1, -0.05) is 20.8 Å². The predicted octanol–water partition coefficient (Wildman–Crippen LogP) is 1.60. The molecule has 1 amide bonds. The second kappa shape index (κ2) is 7.74. The Hall–Kier alpha value is -0.610. The van der Waals surface area contributed by atoms with Gasteiger partial charge in [-0.25, -0.2) is 0 Å². The minimum Gasteiger partial charge on any atom is -0.350 e. The van der Waals surface area contributed by atoms with Crippen molar-refractivity contribution in [3.63, 3.8) is 0 Å². The lowest BCUT2D eigenvalue weighted by molar-refractivity contribution is -0.127. The highest BCUT2D eigenvalue weighted by atomic mass is 16.2. The molecule has 0 radical (unpaired) electrons. The van der Waals surface area contributed by atoms with Gasteiger partial charge in [0, 0.05) is 12.1 Å². The molecule has 0 saturated carbocycles. The number of nitrogens with one attached hydrogen (secondary N) is 1. The highest BCUT2D eigenvalue weighted by molar-refractivity contribution is 5.82. The number of carbonyl (C=O) groups excluding carboxylic acids is 1. The van der Waals surface area contributed by atoms with Crippen LogP contribution in [-0.4, -0.2) is 42.0 Å².